The lowest BCUT2D eigenvalue weighted by Gasteiger charge is -2.35. The average molecular weight is 460 g/mol. The minimum atomic E-state index is -0.208. The quantitative estimate of drug-likeness (QED) is 0.484. The van der Waals surface area contributed by atoms with Crippen molar-refractivity contribution in [3.05, 3.63) is 60.1 Å². The van der Waals surface area contributed by atoms with E-state index in [2.05, 4.69) is 49.1 Å². The smallest absolute Gasteiger partial charge is 0.257 e. The van der Waals surface area contributed by atoms with Gasteiger partial charge in [0.05, 0.1) is 22.1 Å². The van der Waals surface area contributed by atoms with E-state index in [1.54, 1.807) is 35.3 Å². The second-order valence-corrected chi connectivity index (χ2v) is 9.28. The number of pyridine rings is 3. The van der Waals surface area contributed by atoms with Gasteiger partial charge in [-0.1, -0.05) is 0 Å². The van der Waals surface area contributed by atoms with Gasteiger partial charge in [-0.05, 0) is 51.2 Å². The van der Waals surface area contributed by atoms with E-state index in [0.29, 0.717) is 17.4 Å². The predicted molar refractivity (Wildman–Crippen MR) is 132 cm³/mol. The first-order valence-electron chi connectivity index (χ1n) is 10.9. The average Bonchev–Trinajstić information content (AvgIpc) is 3.39. The van der Waals surface area contributed by atoms with Crippen molar-refractivity contribution in [3.8, 4) is 10.4 Å². The summed E-state index contributed by atoms with van der Waals surface area (Å²) in [4.78, 5) is 36.0. The third-order valence-electron chi connectivity index (χ3n) is 6.05. The van der Waals surface area contributed by atoms with E-state index in [1.807, 2.05) is 30.6 Å². The van der Waals surface area contributed by atoms with E-state index in [-0.39, 0.29) is 5.91 Å². The molecule has 1 saturated heterocycles. The fourth-order valence-electron chi connectivity index (χ4n) is 4.12. The number of amides is 1. The van der Waals surface area contributed by atoms with Crippen LogP contribution in [0.1, 0.15) is 23.2 Å². The summed E-state index contributed by atoms with van der Waals surface area (Å²) in [7, 11) is 4.25. The molecule has 8 nitrogen and oxygen atoms in total. The van der Waals surface area contributed by atoms with Gasteiger partial charge in [-0.2, -0.15) is 0 Å². The Labute approximate surface area is 196 Å². The molecule has 5 rings (SSSR count). The zero-order valence-electron chi connectivity index (χ0n) is 18.6. The maximum Gasteiger partial charge on any atom is 0.257 e. The van der Waals surface area contributed by atoms with Gasteiger partial charge in [0.25, 0.3) is 5.91 Å². The van der Waals surface area contributed by atoms with Crippen LogP contribution in [0.25, 0.3) is 21.3 Å². The van der Waals surface area contributed by atoms with E-state index in [1.165, 1.54) is 0 Å². The topological polar surface area (TPSA) is 87.1 Å². The van der Waals surface area contributed by atoms with Crippen LogP contribution in [0.15, 0.2) is 54.6 Å². The van der Waals surface area contributed by atoms with Gasteiger partial charge in [0.2, 0.25) is 0 Å². The minimum absolute atomic E-state index is 0.208. The van der Waals surface area contributed by atoms with Crippen molar-refractivity contribution in [2.24, 2.45) is 0 Å². The molecule has 4 aromatic rings. The second kappa shape index (κ2) is 9.21. The van der Waals surface area contributed by atoms with Crippen molar-refractivity contribution in [3.63, 3.8) is 0 Å². The van der Waals surface area contributed by atoms with Gasteiger partial charge >= 0.3 is 0 Å². The van der Waals surface area contributed by atoms with Crippen LogP contribution in [-0.4, -0.2) is 64.0 Å². The lowest BCUT2D eigenvalue weighted by atomic mass is 10.0. The molecule has 33 heavy (non-hydrogen) atoms. The number of hydrogen-bond donors (Lipinski definition) is 1. The van der Waals surface area contributed by atoms with Gasteiger partial charge in [0, 0.05) is 54.2 Å². The number of nitrogens with one attached hydrogen (secondary N) is 1. The van der Waals surface area contributed by atoms with Crippen LogP contribution in [0.2, 0.25) is 0 Å². The van der Waals surface area contributed by atoms with Crippen LogP contribution in [-0.2, 0) is 0 Å². The summed E-state index contributed by atoms with van der Waals surface area (Å²) < 4.78 is 0. The summed E-state index contributed by atoms with van der Waals surface area (Å²) in [5.41, 5.74) is 4.12. The highest BCUT2D eigenvalue weighted by Gasteiger charge is 2.22. The van der Waals surface area contributed by atoms with E-state index >= 15 is 0 Å². The molecule has 0 bridgehead atoms. The number of nitrogens with zero attached hydrogens (tertiary/aromatic N) is 6. The van der Waals surface area contributed by atoms with Crippen molar-refractivity contribution >= 4 is 39.8 Å². The minimum Gasteiger partial charge on any atom is -0.356 e. The van der Waals surface area contributed by atoms with Gasteiger partial charge in [-0.15, -0.1) is 11.3 Å². The molecule has 4 aromatic heterocycles. The molecule has 5 heterocycles. The summed E-state index contributed by atoms with van der Waals surface area (Å²) in [6, 6.07) is 8.07. The Hall–Kier alpha value is -3.43. The van der Waals surface area contributed by atoms with E-state index in [9.17, 15) is 4.79 Å². The SMILES string of the molecule is CN(C)C1CCN(c2cc(C(=O)Nc3cc4cc(-c5cncs5)cnc4cn3)ccn2)CC1. The number of fused-ring (bicyclic) bond motifs is 1. The Bertz CT molecular complexity index is 1270. The molecule has 9 heteroatoms. The van der Waals surface area contributed by atoms with Crippen LogP contribution in [0.3, 0.4) is 0 Å². The Balaban J connectivity index is 1.32. The van der Waals surface area contributed by atoms with Gasteiger partial charge < -0.3 is 15.1 Å². The van der Waals surface area contributed by atoms with Crippen LogP contribution in [0, 0.1) is 0 Å². The fourth-order valence-corrected chi connectivity index (χ4v) is 4.73. The lowest BCUT2D eigenvalue weighted by molar-refractivity contribution is 0.102. The summed E-state index contributed by atoms with van der Waals surface area (Å²) in [6.07, 6.45) is 9.18. The largest absolute Gasteiger partial charge is 0.356 e. The van der Waals surface area contributed by atoms with Crippen molar-refractivity contribution in [2.45, 2.75) is 18.9 Å². The first-order chi connectivity index (χ1) is 16.1. The molecule has 0 unspecified atom stereocenters. The Morgan fingerprint density at radius 1 is 1.09 bits per heavy atom. The molecule has 1 aliphatic rings. The summed E-state index contributed by atoms with van der Waals surface area (Å²) in [6.45, 7) is 1.87. The zero-order chi connectivity index (χ0) is 22.8. The number of hydrogen-bond acceptors (Lipinski definition) is 8. The van der Waals surface area contributed by atoms with Crippen molar-refractivity contribution in [1.29, 1.82) is 0 Å². The van der Waals surface area contributed by atoms with Crippen molar-refractivity contribution in [2.75, 3.05) is 37.4 Å². The van der Waals surface area contributed by atoms with Crippen molar-refractivity contribution in [1.82, 2.24) is 24.8 Å². The summed E-state index contributed by atoms with van der Waals surface area (Å²) in [5.74, 6) is 1.12. The molecule has 0 spiro atoms. The fraction of sp³-hybridized carbons (Fsp3) is 0.292. The molecule has 1 amide bonds. The number of carbonyl (C=O) groups excluding carboxylic acids is 1. The third-order valence-corrected chi connectivity index (χ3v) is 6.87. The molecular weight excluding hydrogens is 434 g/mol. The molecule has 1 aliphatic heterocycles. The number of aromatic nitrogens is 4. The van der Waals surface area contributed by atoms with E-state index < -0.39 is 0 Å². The first kappa shape index (κ1) is 21.4. The standard InChI is InChI=1S/C24H25N7OS/c1-30(2)19-4-7-31(8-5-19)23-11-16(3-6-26-23)24(32)29-22-10-17-9-18(21-14-25-15-33-21)12-27-20(17)13-28-22/h3,6,9-15,19H,4-5,7-8H2,1-2H3,(H,28,29,32). The monoisotopic (exact) mass is 459 g/mol. The lowest BCUT2D eigenvalue weighted by Crippen LogP contribution is -2.42. The molecule has 0 atom stereocenters. The normalized spacial score (nSPS) is 14.7. The number of carbonyl (C=O) groups is 1. The van der Waals surface area contributed by atoms with Crippen molar-refractivity contribution < 1.29 is 4.79 Å². The highest BCUT2D eigenvalue weighted by molar-refractivity contribution is 7.13. The predicted octanol–water partition coefficient (Wildman–Crippen LogP) is 3.93. The number of thiazole rings is 1. The van der Waals surface area contributed by atoms with Gasteiger partial charge in [0.1, 0.15) is 11.6 Å². The Kier molecular flexibility index (Phi) is 5.97. The second-order valence-electron chi connectivity index (χ2n) is 8.39. The van der Waals surface area contributed by atoms with Gasteiger partial charge in [-0.25, -0.2) is 9.97 Å². The molecule has 168 valence electrons. The summed E-state index contributed by atoms with van der Waals surface area (Å²) in [5, 5.41) is 3.82. The Morgan fingerprint density at radius 3 is 2.70 bits per heavy atom. The number of rotatable bonds is 5. The maximum atomic E-state index is 13.0. The number of anilines is 2. The first-order valence-corrected chi connectivity index (χ1v) is 11.8. The molecule has 1 N–H and O–H groups in total. The maximum absolute atomic E-state index is 13.0. The molecule has 0 aromatic carbocycles. The van der Waals surface area contributed by atoms with Gasteiger partial charge in [0.15, 0.2) is 0 Å². The molecule has 0 saturated carbocycles. The van der Waals surface area contributed by atoms with Crippen LogP contribution in [0.5, 0.6) is 0 Å². The summed E-state index contributed by atoms with van der Waals surface area (Å²) >= 11 is 1.56. The molecule has 0 aliphatic carbocycles. The zero-order valence-corrected chi connectivity index (χ0v) is 19.4. The van der Waals surface area contributed by atoms with Crippen LogP contribution < -0.4 is 10.2 Å². The highest BCUT2D eigenvalue weighted by Crippen LogP contribution is 2.26. The number of piperidine rings is 1. The van der Waals surface area contributed by atoms with Gasteiger partial charge in [-0.3, -0.25) is 14.8 Å². The highest BCUT2D eigenvalue weighted by atomic mass is 32.1. The molecular formula is C24H25N7OS. The van der Waals surface area contributed by atoms with Crippen LogP contribution >= 0.6 is 11.3 Å². The third kappa shape index (κ3) is 4.69. The molecule has 1 fully saturated rings. The molecule has 0 radical (unpaired) electrons. The van der Waals surface area contributed by atoms with E-state index in [0.717, 1.165) is 53.1 Å². The Morgan fingerprint density at radius 2 is 1.94 bits per heavy atom. The van der Waals surface area contributed by atoms with E-state index in [4.69, 9.17) is 0 Å². The van der Waals surface area contributed by atoms with Crippen LogP contribution in [0.4, 0.5) is 11.6 Å².